The number of rotatable bonds is 9. The van der Waals surface area contributed by atoms with Crippen LogP contribution in [0.5, 0.6) is 11.5 Å². The minimum absolute atomic E-state index is 0. The number of hydrogen-bond donors (Lipinski definition) is 2. The van der Waals surface area contributed by atoms with Gasteiger partial charge in [0.1, 0.15) is 0 Å². The summed E-state index contributed by atoms with van der Waals surface area (Å²) in [6.45, 7) is 4.76. The predicted octanol–water partition coefficient (Wildman–Crippen LogP) is 0.906. The van der Waals surface area contributed by atoms with Crippen LogP contribution in [0.1, 0.15) is 46.5 Å². The van der Waals surface area contributed by atoms with Crippen LogP contribution in [0.15, 0.2) is 30.4 Å². The van der Waals surface area contributed by atoms with Crippen LogP contribution in [-0.4, -0.2) is 18.1 Å². The molecular formula is C18H28NNaO3. The summed E-state index contributed by atoms with van der Waals surface area (Å²) in [5, 5.41) is 12.4. The molecule has 0 aromatic heterocycles. The summed E-state index contributed by atoms with van der Waals surface area (Å²) in [6.07, 6.45) is 7.88. The zero-order valence-corrected chi connectivity index (χ0v) is 16.8. The summed E-state index contributed by atoms with van der Waals surface area (Å²) in [6, 6.07) is 5.07. The molecule has 0 bridgehead atoms. The molecule has 5 heteroatoms. The van der Waals surface area contributed by atoms with Gasteiger partial charge in [0, 0.05) is 13.0 Å². The molecular weight excluding hydrogens is 301 g/mol. The van der Waals surface area contributed by atoms with E-state index in [0.717, 1.165) is 24.8 Å². The molecule has 0 heterocycles. The molecule has 0 radical (unpaired) electrons. The van der Waals surface area contributed by atoms with Crippen LogP contribution in [0.2, 0.25) is 0 Å². The van der Waals surface area contributed by atoms with Crippen molar-refractivity contribution in [1.29, 1.82) is 0 Å². The first-order valence-electron chi connectivity index (χ1n) is 7.82. The van der Waals surface area contributed by atoms with E-state index in [-0.39, 0.29) is 42.6 Å². The Morgan fingerprint density at radius 3 is 2.78 bits per heavy atom. The molecule has 0 unspecified atom stereocenters. The van der Waals surface area contributed by atoms with Crippen LogP contribution < -0.4 is 39.6 Å². The molecule has 0 fully saturated rings. The topological polar surface area (TPSA) is 58.6 Å². The Balaban J connectivity index is 0. The average molecular weight is 329 g/mol. The van der Waals surface area contributed by atoms with E-state index in [0.29, 0.717) is 24.6 Å². The van der Waals surface area contributed by atoms with Crippen molar-refractivity contribution in [3.05, 3.63) is 35.9 Å². The van der Waals surface area contributed by atoms with Crippen molar-refractivity contribution < 1.29 is 45.6 Å². The van der Waals surface area contributed by atoms with Gasteiger partial charge >= 0.3 is 29.6 Å². The number of ether oxygens (including phenoxy) is 1. The summed E-state index contributed by atoms with van der Waals surface area (Å²) in [7, 11) is 1.51. The van der Waals surface area contributed by atoms with Crippen LogP contribution in [0, 0.1) is 5.92 Å². The molecule has 124 valence electrons. The Hall–Kier alpha value is -0.970. The van der Waals surface area contributed by atoms with Crippen molar-refractivity contribution in [3.8, 4) is 11.5 Å². The molecule has 0 spiro atoms. The Morgan fingerprint density at radius 1 is 1.39 bits per heavy atom. The van der Waals surface area contributed by atoms with E-state index in [1.807, 2.05) is 0 Å². The van der Waals surface area contributed by atoms with Crippen LogP contribution >= 0.6 is 0 Å². The van der Waals surface area contributed by atoms with Crippen LogP contribution in [-0.2, 0) is 11.3 Å². The van der Waals surface area contributed by atoms with Crippen molar-refractivity contribution in [2.24, 2.45) is 5.92 Å². The molecule has 2 N–H and O–H groups in total. The number of unbranched alkanes of at least 4 members (excludes halogenated alkanes) is 2. The number of carbonyl (C=O) groups excluding carboxylic acids is 1. The van der Waals surface area contributed by atoms with Crippen LogP contribution in [0.4, 0.5) is 0 Å². The molecule has 23 heavy (non-hydrogen) atoms. The Bertz CT molecular complexity index is 507. The fourth-order valence-corrected chi connectivity index (χ4v) is 2.04. The maximum Gasteiger partial charge on any atom is 1.00 e. The Labute approximate surface area is 163 Å². The largest absolute Gasteiger partial charge is 1.00 e. The smallest absolute Gasteiger partial charge is 1.00 e. The van der Waals surface area contributed by atoms with E-state index in [2.05, 4.69) is 31.3 Å². The number of nitrogens with one attached hydrogen (secondary N) is 1. The van der Waals surface area contributed by atoms with Gasteiger partial charge in [0.25, 0.3) is 0 Å². The Kier molecular flexibility index (Phi) is 11.9. The fraction of sp³-hybridized carbons (Fsp3) is 0.500. The van der Waals surface area contributed by atoms with Crippen LogP contribution in [0.25, 0.3) is 0 Å². The number of allylic oxidation sites excluding steroid dienone is 2. The molecule has 1 aromatic rings. The van der Waals surface area contributed by atoms with Crippen molar-refractivity contribution in [1.82, 2.24) is 5.32 Å². The van der Waals surface area contributed by atoms with Crippen molar-refractivity contribution in [2.45, 2.75) is 46.1 Å². The first-order chi connectivity index (χ1) is 10.5. The maximum absolute atomic E-state index is 11.8. The van der Waals surface area contributed by atoms with E-state index >= 15 is 0 Å². The molecule has 1 amide bonds. The van der Waals surface area contributed by atoms with Gasteiger partial charge in [-0.2, -0.15) is 0 Å². The van der Waals surface area contributed by atoms with Gasteiger partial charge in [0.05, 0.1) is 7.11 Å². The summed E-state index contributed by atoms with van der Waals surface area (Å²) < 4.78 is 5.04. The molecule has 0 aliphatic carbocycles. The fourth-order valence-electron chi connectivity index (χ4n) is 2.04. The van der Waals surface area contributed by atoms with E-state index < -0.39 is 0 Å². The zero-order chi connectivity index (χ0) is 16.4. The third-order valence-corrected chi connectivity index (χ3v) is 3.28. The second-order valence-corrected chi connectivity index (χ2v) is 5.70. The summed E-state index contributed by atoms with van der Waals surface area (Å²) in [4.78, 5) is 11.8. The number of methoxy groups -OCH3 is 1. The average Bonchev–Trinajstić information content (AvgIpc) is 2.49. The minimum Gasteiger partial charge on any atom is -1.00 e. The standard InChI is InChI=1S/C18H27NO3.Na.H/c1-14(2)8-6-4-5-7-9-18(21)19-13-15-10-11-16(20)17(12-15)22-3;;/h6,8,10-12,14,20H,4-5,7,9,13H2,1-3H3,(H,19,21);;/q;+1;-1. The SMILES string of the molecule is COc1cc(CNC(=O)CCCCC=CC(C)C)ccc1O.[H-].[Na+]. The normalized spacial score (nSPS) is 10.6. The first kappa shape index (κ1) is 22.0. The van der Waals surface area contributed by atoms with Gasteiger partial charge in [0.2, 0.25) is 5.91 Å². The third-order valence-electron chi connectivity index (χ3n) is 3.28. The number of amides is 1. The van der Waals surface area contributed by atoms with Crippen molar-refractivity contribution in [3.63, 3.8) is 0 Å². The summed E-state index contributed by atoms with van der Waals surface area (Å²) in [5.41, 5.74) is 0.905. The quantitative estimate of drug-likeness (QED) is 0.402. The van der Waals surface area contributed by atoms with Gasteiger partial charge in [0.15, 0.2) is 11.5 Å². The molecule has 1 rings (SSSR count). The number of hydrogen-bond acceptors (Lipinski definition) is 3. The molecule has 4 nitrogen and oxygen atoms in total. The Morgan fingerprint density at radius 2 is 2.13 bits per heavy atom. The minimum atomic E-state index is 0. The zero-order valence-electron chi connectivity index (χ0n) is 15.8. The molecule has 0 aliphatic heterocycles. The number of carbonyl (C=O) groups is 1. The van der Waals surface area contributed by atoms with Gasteiger partial charge in [-0.15, -0.1) is 0 Å². The van der Waals surface area contributed by atoms with Gasteiger partial charge in [-0.3, -0.25) is 4.79 Å². The van der Waals surface area contributed by atoms with E-state index in [1.165, 1.54) is 7.11 Å². The van der Waals surface area contributed by atoms with E-state index in [9.17, 15) is 9.90 Å². The molecule has 0 atom stereocenters. The number of phenols is 1. The summed E-state index contributed by atoms with van der Waals surface area (Å²) in [5.74, 6) is 1.17. The van der Waals surface area contributed by atoms with Crippen molar-refractivity contribution >= 4 is 5.91 Å². The maximum atomic E-state index is 11.8. The number of benzene rings is 1. The second-order valence-electron chi connectivity index (χ2n) is 5.70. The number of phenolic OH excluding ortho intramolecular Hbond substituents is 1. The molecule has 1 aromatic carbocycles. The monoisotopic (exact) mass is 329 g/mol. The van der Waals surface area contributed by atoms with Crippen molar-refractivity contribution in [2.75, 3.05) is 7.11 Å². The first-order valence-corrected chi connectivity index (χ1v) is 7.82. The second kappa shape index (κ2) is 12.5. The van der Waals surface area contributed by atoms with Gasteiger partial charge in [-0.25, -0.2) is 0 Å². The molecule has 0 saturated carbocycles. The number of aromatic hydroxyl groups is 1. The van der Waals surface area contributed by atoms with Crippen LogP contribution in [0.3, 0.4) is 0 Å². The van der Waals surface area contributed by atoms with E-state index in [4.69, 9.17) is 4.74 Å². The third kappa shape index (κ3) is 9.69. The molecule has 0 aliphatic rings. The predicted molar refractivity (Wildman–Crippen MR) is 90.1 cm³/mol. The summed E-state index contributed by atoms with van der Waals surface area (Å²) >= 11 is 0. The molecule has 0 saturated heterocycles. The van der Waals surface area contributed by atoms with E-state index in [1.54, 1.807) is 18.2 Å². The van der Waals surface area contributed by atoms with Gasteiger partial charge in [-0.1, -0.05) is 32.1 Å². The van der Waals surface area contributed by atoms with Gasteiger partial charge < -0.3 is 16.6 Å². The van der Waals surface area contributed by atoms with Gasteiger partial charge in [-0.05, 0) is 42.9 Å².